The lowest BCUT2D eigenvalue weighted by molar-refractivity contribution is -0.137. The fraction of sp³-hybridized carbons (Fsp3) is 0.0455. The highest BCUT2D eigenvalue weighted by Crippen LogP contribution is 2.33. The van der Waals surface area contributed by atoms with Crippen LogP contribution >= 0.6 is 0 Å². The van der Waals surface area contributed by atoms with Crippen molar-refractivity contribution in [1.82, 2.24) is 14.5 Å². The summed E-state index contributed by atoms with van der Waals surface area (Å²) in [7, 11) is 0. The number of aromatic nitrogens is 3. The van der Waals surface area contributed by atoms with Gasteiger partial charge in [0.15, 0.2) is 0 Å². The Kier molecular flexibility index (Phi) is 4.72. The summed E-state index contributed by atoms with van der Waals surface area (Å²) >= 11 is 0. The van der Waals surface area contributed by atoms with Crippen LogP contribution in [0.3, 0.4) is 0 Å². The third-order valence-electron chi connectivity index (χ3n) is 4.34. The molecule has 0 amide bonds. The van der Waals surface area contributed by atoms with E-state index in [2.05, 4.69) is 9.97 Å². The fourth-order valence-corrected chi connectivity index (χ4v) is 3.04. The molecular weight excluding hydrogens is 379 g/mol. The average Bonchev–Trinajstić information content (AvgIpc) is 2.72. The van der Waals surface area contributed by atoms with Gasteiger partial charge in [-0.25, -0.2) is 4.98 Å². The number of hydrogen-bond donors (Lipinski definition) is 0. The molecule has 7 heteroatoms. The first-order valence-electron chi connectivity index (χ1n) is 8.72. The summed E-state index contributed by atoms with van der Waals surface area (Å²) in [6, 6.07) is 16.8. The lowest BCUT2D eigenvalue weighted by Crippen LogP contribution is -2.25. The van der Waals surface area contributed by atoms with Gasteiger partial charge in [0.1, 0.15) is 5.82 Å². The molecule has 0 unspecified atom stereocenters. The number of hydrogen-bond acceptors (Lipinski definition) is 3. The van der Waals surface area contributed by atoms with Crippen molar-refractivity contribution in [3.8, 4) is 5.69 Å². The lowest BCUT2D eigenvalue weighted by atomic mass is 10.1. The Morgan fingerprint density at radius 1 is 0.862 bits per heavy atom. The van der Waals surface area contributed by atoms with E-state index in [1.807, 2.05) is 0 Å². The Morgan fingerprint density at radius 2 is 1.59 bits per heavy atom. The predicted molar refractivity (Wildman–Crippen MR) is 106 cm³/mol. The maximum absolute atomic E-state index is 13.6. The van der Waals surface area contributed by atoms with Gasteiger partial charge in [0.05, 0.1) is 27.8 Å². The fourth-order valence-electron chi connectivity index (χ4n) is 3.04. The topological polar surface area (TPSA) is 47.8 Å². The largest absolute Gasteiger partial charge is 0.418 e. The summed E-state index contributed by atoms with van der Waals surface area (Å²) in [6.45, 7) is 0. The van der Waals surface area contributed by atoms with Crippen LogP contribution in [0.4, 0.5) is 13.2 Å². The zero-order valence-corrected chi connectivity index (χ0v) is 15.0. The third-order valence-corrected chi connectivity index (χ3v) is 4.34. The number of nitrogens with zero attached hydrogens (tertiary/aromatic N) is 3. The molecule has 2 aromatic heterocycles. The molecule has 0 N–H and O–H groups in total. The van der Waals surface area contributed by atoms with Gasteiger partial charge in [0.25, 0.3) is 5.56 Å². The van der Waals surface area contributed by atoms with Crippen LogP contribution in [0.1, 0.15) is 17.1 Å². The van der Waals surface area contributed by atoms with Crippen molar-refractivity contribution < 1.29 is 13.2 Å². The second kappa shape index (κ2) is 7.35. The number of alkyl halides is 3. The van der Waals surface area contributed by atoms with Gasteiger partial charge < -0.3 is 0 Å². The second-order valence-corrected chi connectivity index (χ2v) is 6.23. The predicted octanol–water partition coefficient (Wildman–Crippen LogP) is 4.97. The van der Waals surface area contributed by atoms with E-state index in [4.69, 9.17) is 0 Å². The van der Waals surface area contributed by atoms with E-state index in [9.17, 15) is 18.0 Å². The van der Waals surface area contributed by atoms with Gasteiger partial charge in [-0.2, -0.15) is 13.2 Å². The second-order valence-electron chi connectivity index (χ2n) is 6.23. The van der Waals surface area contributed by atoms with Crippen LogP contribution < -0.4 is 5.56 Å². The summed E-state index contributed by atoms with van der Waals surface area (Å²) in [5.41, 5.74) is -0.770. The Hall–Kier alpha value is -3.74. The standard InChI is InChI=1S/C22H14F3N3O/c23-22(24,25)17-9-2-4-11-19(17)28-20(13-12-15-7-5-6-14-26-15)27-18-10-3-1-8-16(18)21(28)29/h1-14H/b13-12+. The maximum Gasteiger partial charge on any atom is 0.418 e. The van der Waals surface area contributed by atoms with Crippen molar-refractivity contribution in [2.45, 2.75) is 6.18 Å². The summed E-state index contributed by atoms with van der Waals surface area (Å²) in [6.07, 6.45) is 0.0652. The van der Waals surface area contributed by atoms with E-state index < -0.39 is 17.3 Å². The zero-order valence-electron chi connectivity index (χ0n) is 15.0. The molecule has 0 aliphatic heterocycles. The molecule has 0 fully saturated rings. The SMILES string of the molecule is O=c1c2ccccc2nc(/C=C/c2ccccn2)n1-c1ccccc1C(F)(F)F. The molecule has 0 bridgehead atoms. The van der Waals surface area contributed by atoms with Crippen LogP contribution in [0.5, 0.6) is 0 Å². The zero-order chi connectivity index (χ0) is 20.4. The van der Waals surface area contributed by atoms with Crippen molar-refractivity contribution >= 4 is 23.1 Å². The van der Waals surface area contributed by atoms with E-state index in [-0.39, 0.29) is 16.9 Å². The number of halogens is 3. The highest BCUT2D eigenvalue weighted by atomic mass is 19.4. The first kappa shape index (κ1) is 18.6. The van der Waals surface area contributed by atoms with Crippen molar-refractivity contribution in [3.63, 3.8) is 0 Å². The monoisotopic (exact) mass is 393 g/mol. The molecule has 4 nitrogen and oxygen atoms in total. The Balaban J connectivity index is 2.02. The number of pyridine rings is 1. The van der Waals surface area contributed by atoms with Crippen LogP contribution in [-0.4, -0.2) is 14.5 Å². The summed E-state index contributed by atoms with van der Waals surface area (Å²) in [5, 5.41) is 0.236. The van der Waals surface area contributed by atoms with Crippen LogP contribution in [0.2, 0.25) is 0 Å². The minimum absolute atomic E-state index is 0.0797. The van der Waals surface area contributed by atoms with Crippen molar-refractivity contribution in [3.05, 3.63) is 100 Å². The Bertz CT molecular complexity index is 1260. The molecule has 0 atom stereocenters. The first-order valence-corrected chi connectivity index (χ1v) is 8.72. The molecule has 2 heterocycles. The van der Waals surface area contributed by atoms with Gasteiger partial charge in [-0.15, -0.1) is 0 Å². The minimum Gasteiger partial charge on any atom is -0.268 e. The molecule has 4 aromatic rings. The molecule has 0 saturated heterocycles. The van der Waals surface area contributed by atoms with E-state index in [1.165, 1.54) is 24.3 Å². The molecule has 29 heavy (non-hydrogen) atoms. The third kappa shape index (κ3) is 3.67. The lowest BCUT2D eigenvalue weighted by Gasteiger charge is -2.17. The number of rotatable bonds is 3. The van der Waals surface area contributed by atoms with Gasteiger partial charge in [0.2, 0.25) is 0 Å². The molecular formula is C22H14F3N3O. The molecule has 2 aromatic carbocycles. The van der Waals surface area contributed by atoms with Crippen molar-refractivity contribution in [1.29, 1.82) is 0 Å². The van der Waals surface area contributed by atoms with E-state index in [0.717, 1.165) is 10.6 Å². The van der Waals surface area contributed by atoms with Crippen LogP contribution in [0, 0.1) is 0 Å². The van der Waals surface area contributed by atoms with Gasteiger partial charge >= 0.3 is 6.18 Å². The molecule has 0 aliphatic carbocycles. The van der Waals surface area contributed by atoms with E-state index >= 15 is 0 Å². The average molecular weight is 393 g/mol. The summed E-state index contributed by atoms with van der Waals surface area (Å²) in [4.78, 5) is 21.7. The van der Waals surface area contributed by atoms with Gasteiger partial charge in [-0.3, -0.25) is 14.3 Å². The van der Waals surface area contributed by atoms with Crippen LogP contribution in [0.25, 0.3) is 28.7 Å². The smallest absolute Gasteiger partial charge is 0.268 e. The Labute approximate surface area is 163 Å². The van der Waals surface area contributed by atoms with E-state index in [1.54, 1.807) is 54.7 Å². The van der Waals surface area contributed by atoms with Gasteiger partial charge in [0, 0.05) is 6.20 Å². The highest BCUT2D eigenvalue weighted by molar-refractivity contribution is 5.80. The summed E-state index contributed by atoms with van der Waals surface area (Å²) < 4.78 is 41.8. The van der Waals surface area contributed by atoms with Gasteiger partial charge in [-0.05, 0) is 48.6 Å². The van der Waals surface area contributed by atoms with Gasteiger partial charge in [-0.1, -0.05) is 30.3 Å². The first-order chi connectivity index (χ1) is 13.9. The normalized spacial score (nSPS) is 12.0. The molecule has 0 saturated carbocycles. The quantitative estimate of drug-likeness (QED) is 0.494. The van der Waals surface area contributed by atoms with Crippen LogP contribution in [0.15, 0.2) is 77.7 Å². The Morgan fingerprint density at radius 3 is 2.34 bits per heavy atom. The molecule has 0 spiro atoms. The van der Waals surface area contributed by atoms with Crippen LogP contribution in [-0.2, 0) is 6.18 Å². The number of para-hydroxylation sites is 2. The van der Waals surface area contributed by atoms with Crippen molar-refractivity contribution in [2.24, 2.45) is 0 Å². The molecule has 144 valence electrons. The van der Waals surface area contributed by atoms with Crippen molar-refractivity contribution in [2.75, 3.05) is 0 Å². The minimum atomic E-state index is -4.62. The maximum atomic E-state index is 13.6. The molecule has 0 radical (unpaired) electrons. The number of benzene rings is 2. The highest BCUT2D eigenvalue weighted by Gasteiger charge is 2.34. The summed E-state index contributed by atoms with van der Waals surface area (Å²) in [5.74, 6) is 0.0797. The number of fused-ring (bicyclic) bond motifs is 1. The molecule has 0 aliphatic rings. The molecule has 4 rings (SSSR count). The van der Waals surface area contributed by atoms with E-state index in [0.29, 0.717) is 11.2 Å².